The lowest BCUT2D eigenvalue weighted by molar-refractivity contribution is -0.139. The van der Waals surface area contributed by atoms with E-state index in [9.17, 15) is 18.0 Å². The van der Waals surface area contributed by atoms with Gasteiger partial charge in [-0.3, -0.25) is 13.9 Å². The Labute approximate surface area is 243 Å². The van der Waals surface area contributed by atoms with Gasteiger partial charge in [0.05, 0.1) is 10.6 Å². The Morgan fingerprint density at radius 2 is 1.57 bits per heavy atom. The molecular formula is C31H38ClN3O4S. The SMILES string of the molecule is CC[C@H](C(=O)NCC(C)C)N(CCc1ccccc1)C(=O)CN(c1cc(Cl)ccc1C)S(=O)(=O)c1ccccc1. The van der Waals surface area contributed by atoms with Crippen LogP contribution in [0.4, 0.5) is 5.69 Å². The number of benzene rings is 3. The van der Waals surface area contributed by atoms with Crippen LogP contribution in [0.25, 0.3) is 0 Å². The number of carbonyl (C=O) groups excluding carboxylic acids is 2. The van der Waals surface area contributed by atoms with Gasteiger partial charge in [0.25, 0.3) is 10.0 Å². The number of hydrogen-bond donors (Lipinski definition) is 1. The molecule has 3 aromatic carbocycles. The second-order valence-corrected chi connectivity index (χ2v) is 12.4. The molecule has 9 heteroatoms. The lowest BCUT2D eigenvalue weighted by Crippen LogP contribution is -2.53. The van der Waals surface area contributed by atoms with Crippen molar-refractivity contribution in [3.8, 4) is 0 Å². The Morgan fingerprint density at radius 3 is 2.17 bits per heavy atom. The van der Waals surface area contributed by atoms with Gasteiger partial charge in [-0.15, -0.1) is 0 Å². The van der Waals surface area contributed by atoms with Crippen LogP contribution in [0.1, 0.15) is 38.3 Å². The normalized spacial score (nSPS) is 12.2. The molecule has 40 heavy (non-hydrogen) atoms. The molecule has 3 rings (SSSR count). The largest absolute Gasteiger partial charge is 0.354 e. The third kappa shape index (κ3) is 8.08. The van der Waals surface area contributed by atoms with E-state index in [1.54, 1.807) is 43.3 Å². The van der Waals surface area contributed by atoms with Crippen LogP contribution in [0.5, 0.6) is 0 Å². The summed E-state index contributed by atoms with van der Waals surface area (Å²) in [5.74, 6) is -0.484. The smallest absolute Gasteiger partial charge is 0.264 e. The second kappa shape index (κ2) is 14.3. The quantitative estimate of drug-likeness (QED) is 0.289. The second-order valence-electron chi connectivity index (χ2n) is 10.1. The lowest BCUT2D eigenvalue weighted by Gasteiger charge is -2.33. The van der Waals surface area contributed by atoms with E-state index in [0.29, 0.717) is 35.7 Å². The maximum atomic E-state index is 14.1. The van der Waals surface area contributed by atoms with E-state index in [4.69, 9.17) is 11.6 Å². The Balaban J connectivity index is 2.02. The number of nitrogens with one attached hydrogen (secondary N) is 1. The van der Waals surface area contributed by atoms with Crippen molar-refractivity contribution in [3.05, 3.63) is 95.0 Å². The summed E-state index contributed by atoms with van der Waals surface area (Å²) >= 11 is 6.28. The van der Waals surface area contributed by atoms with Gasteiger partial charge in [-0.05, 0) is 61.1 Å². The van der Waals surface area contributed by atoms with Gasteiger partial charge in [0.2, 0.25) is 11.8 Å². The van der Waals surface area contributed by atoms with E-state index in [1.165, 1.54) is 17.0 Å². The first-order chi connectivity index (χ1) is 19.0. The van der Waals surface area contributed by atoms with Crippen LogP contribution < -0.4 is 9.62 Å². The van der Waals surface area contributed by atoms with Crippen LogP contribution >= 0.6 is 11.6 Å². The molecule has 0 fully saturated rings. The van der Waals surface area contributed by atoms with Gasteiger partial charge in [0, 0.05) is 18.1 Å². The maximum Gasteiger partial charge on any atom is 0.264 e. The van der Waals surface area contributed by atoms with Crippen molar-refractivity contribution in [2.45, 2.75) is 51.5 Å². The summed E-state index contributed by atoms with van der Waals surface area (Å²) in [7, 11) is -4.14. The molecule has 2 amide bonds. The molecule has 7 nitrogen and oxygen atoms in total. The van der Waals surface area contributed by atoms with Gasteiger partial charge in [-0.25, -0.2) is 8.42 Å². The summed E-state index contributed by atoms with van der Waals surface area (Å²) in [4.78, 5) is 28.9. The van der Waals surface area contributed by atoms with Gasteiger partial charge in [0.15, 0.2) is 0 Å². The number of halogens is 1. The highest BCUT2D eigenvalue weighted by molar-refractivity contribution is 7.92. The summed E-state index contributed by atoms with van der Waals surface area (Å²) < 4.78 is 28.9. The molecule has 1 atom stereocenters. The van der Waals surface area contributed by atoms with E-state index in [2.05, 4.69) is 5.32 Å². The minimum Gasteiger partial charge on any atom is -0.354 e. The number of aryl methyl sites for hydroxylation is 1. The molecule has 0 spiro atoms. The predicted molar refractivity (Wildman–Crippen MR) is 161 cm³/mol. The molecule has 0 saturated carbocycles. The fourth-order valence-corrected chi connectivity index (χ4v) is 6.06. The molecule has 0 heterocycles. The molecule has 0 aliphatic rings. The van der Waals surface area contributed by atoms with Crippen LogP contribution in [-0.4, -0.2) is 50.8 Å². The number of nitrogens with zero attached hydrogens (tertiary/aromatic N) is 2. The fourth-order valence-electron chi connectivity index (χ4n) is 4.40. The minimum atomic E-state index is -4.14. The molecule has 0 unspecified atom stereocenters. The number of carbonyl (C=O) groups is 2. The average molecular weight is 584 g/mol. The Hall–Kier alpha value is -3.36. The van der Waals surface area contributed by atoms with E-state index in [1.807, 2.05) is 51.1 Å². The van der Waals surface area contributed by atoms with Crippen molar-refractivity contribution in [1.29, 1.82) is 0 Å². The van der Waals surface area contributed by atoms with Gasteiger partial charge in [-0.2, -0.15) is 0 Å². The maximum absolute atomic E-state index is 14.1. The van der Waals surface area contributed by atoms with Crippen molar-refractivity contribution < 1.29 is 18.0 Å². The van der Waals surface area contributed by atoms with Crippen molar-refractivity contribution in [1.82, 2.24) is 10.2 Å². The Kier molecular flexibility index (Phi) is 11.2. The zero-order chi connectivity index (χ0) is 29.3. The van der Waals surface area contributed by atoms with Crippen molar-refractivity contribution in [2.24, 2.45) is 5.92 Å². The van der Waals surface area contributed by atoms with Crippen LogP contribution in [0.3, 0.4) is 0 Å². The predicted octanol–water partition coefficient (Wildman–Crippen LogP) is 5.47. The van der Waals surface area contributed by atoms with E-state index < -0.39 is 28.5 Å². The molecule has 0 bridgehead atoms. The number of hydrogen-bond acceptors (Lipinski definition) is 4. The zero-order valence-corrected chi connectivity index (χ0v) is 25.1. The monoisotopic (exact) mass is 583 g/mol. The molecule has 3 aromatic rings. The third-order valence-electron chi connectivity index (χ3n) is 6.60. The van der Waals surface area contributed by atoms with Gasteiger partial charge in [0.1, 0.15) is 12.6 Å². The Bertz CT molecular complexity index is 1380. The van der Waals surface area contributed by atoms with Crippen LogP contribution in [0.15, 0.2) is 83.8 Å². The molecule has 1 N–H and O–H groups in total. The highest BCUT2D eigenvalue weighted by Crippen LogP contribution is 2.30. The van der Waals surface area contributed by atoms with Gasteiger partial charge >= 0.3 is 0 Å². The Morgan fingerprint density at radius 1 is 0.950 bits per heavy atom. The fraction of sp³-hybridized carbons (Fsp3) is 0.355. The summed E-state index contributed by atoms with van der Waals surface area (Å²) in [5, 5.41) is 3.29. The lowest BCUT2D eigenvalue weighted by atomic mass is 10.1. The summed E-state index contributed by atoms with van der Waals surface area (Å²) in [6.07, 6.45) is 0.897. The number of amides is 2. The molecule has 0 aromatic heterocycles. The number of anilines is 1. The molecule has 214 valence electrons. The number of rotatable bonds is 13. The van der Waals surface area contributed by atoms with Crippen LogP contribution in [0.2, 0.25) is 5.02 Å². The van der Waals surface area contributed by atoms with E-state index >= 15 is 0 Å². The average Bonchev–Trinajstić information content (AvgIpc) is 2.94. The minimum absolute atomic E-state index is 0.0553. The third-order valence-corrected chi connectivity index (χ3v) is 8.61. The van der Waals surface area contributed by atoms with Gasteiger partial charge < -0.3 is 10.2 Å². The molecule has 0 radical (unpaired) electrons. The first-order valence-corrected chi connectivity index (χ1v) is 15.3. The van der Waals surface area contributed by atoms with Crippen molar-refractivity contribution >= 4 is 39.1 Å². The summed E-state index contributed by atoms with van der Waals surface area (Å²) in [6.45, 7) is 7.86. The molecular weight excluding hydrogens is 546 g/mol. The molecule has 0 saturated heterocycles. The summed E-state index contributed by atoms with van der Waals surface area (Å²) in [6, 6.07) is 21.9. The highest BCUT2D eigenvalue weighted by Gasteiger charge is 2.34. The molecule has 0 aliphatic carbocycles. The molecule has 0 aliphatic heterocycles. The first kappa shape index (κ1) is 31.2. The topological polar surface area (TPSA) is 86.8 Å². The van der Waals surface area contributed by atoms with E-state index in [-0.39, 0.29) is 23.3 Å². The number of sulfonamides is 1. The van der Waals surface area contributed by atoms with Crippen molar-refractivity contribution in [3.63, 3.8) is 0 Å². The van der Waals surface area contributed by atoms with E-state index in [0.717, 1.165) is 9.87 Å². The summed E-state index contributed by atoms with van der Waals surface area (Å²) in [5.41, 5.74) is 1.97. The van der Waals surface area contributed by atoms with Gasteiger partial charge in [-0.1, -0.05) is 87.0 Å². The van der Waals surface area contributed by atoms with Crippen molar-refractivity contribution in [2.75, 3.05) is 23.9 Å². The zero-order valence-electron chi connectivity index (χ0n) is 23.5. The van der Waals surface area contributed by atoms with Crippen LogP contribution in [-0.2, 0) is 26.0 Å². The highest BCUT2D eigenvalue weighted by atomic mass is 35.5. The standard InChI is InChI=1S/C31H38ClN3O4S/c1-5-28(31(37)33-21-23(2)3)34(19-18-25-12-8-6-9-13-25)30(36)22-35(29-20-26(32)17-16-24(29)4)40(38,39)27-14-10-7-11-15-27/h6-17,20,23,28H,5,18-19,21-22H2,1-4H3,(H,33,37)/t28-/m1/s1. The first-order valence-electron chi connectivity index (χ1n) is 13.5. The van der Waals surface area contributed by atoms with Crippen LogP contribution in [0, 0.1) is 12.8 Å².